The van der Waals surface area contributed by atoms with Crippen molar-refractivity contribution < 1.29 is 9.53 Å². The highest BCUT2D eigenvalue weighted by atomic mass is 16.5. The second-order valence-electron chi connectivity index (χ2n) is 9.39. The molecule has 3 rings (SSSR count). The maximum atomic E-state index is 11.8. The molecule has 0 fully saturated rings. The highest BCUT2D eigenvalue weighted by Crippen LogP contribution is 2.46. The Morgan fingerprint density at radius 1 is 0.931 bits per heavy atom. The molecule has 0 amide bonds. The normalized spacial score (nSPS) is 17.2. The number of carbonyl (C=O) groups is 1. The van der Waals surface area contributed by atoms with Crippen LogP contribution in [-0.2, 0) is 22.0 Å². The van der Waals surface area contributed by atoms with Crippen LogP contribution >= 0.6 is 0 Å². The zero-order chi connectivity index (χ0) is 21.2. The van der Waals surface area contributed by atoms with Crippen LogP contribution in [0.4, 0.5) is 0 Å². The number of rotatable bonds is 5. The number of ether oxygens (including phenoxy) is 1. The zero-order valence-electron chi connectivity index (χ0n) is 18.8. The third-order valence-corrected chi connectivity index (χ3v) is 6.37. The van der Waals surface area contributed by atoms with Gasteiger partial charge in [0.15, 0.2) is 0 Å². The van der Waals surface area contributed by atoms with E-state index >= 15 is 0 Å². The number of benzene rings is 2. The van der Waals surface area contributed by atoms with Gasteiger partial charge >= 0.3 is 5.97 Å². The minimum atomic E-state index is -0.268. The van der Waals surface area contributed by atoms with Gasteiger partial charge in [-0.25, -0.2) is 4.79 Å². The third kappa shape index (κ3) is 4.47. The molecule has 0 unspecified atom stereocenters. The van der Waals surface area contributed by atoms with E-state index in [1.807, 2.05) is 31.2 Å². The molecule has 0 aromatic heterocycles. The van der Waals surface area contributed by atoms with Gasteiger partial charge < -0.3 is 4.74 Å². The number of fused-ring (bicyclic) bond motifs is 1. The van der Waals surface area contributed by atoms with E-state index in [0.717, 1.165) is 12.0 Å². The van der Waals surface area contributed by atoms with E-state index in [1.165, 1.54) is 35.1 Å². The standard InChI is InChI=1S/C27H34O2/c1-7-20-17-23-24(27(5,6)16-15-26(23,3)4)18-22(20)14-11-19-9-12-21(13-10-19)25(28)29-8-2/h9-14,17-18H,7-8,15-16H2,1-6H3. The molecule has 0 atom stereocenters. The van der Waals surface area contributed by atoms with Gasteiger partial charge in [-0.2, -0.15) is 0 Å². The van der Waals surface area contributed by atoms with Gasteiger partial charge in [-0.05, 0) is 77.0 Å². The van der Waals surface area contributed by atoms with Crippen molar-refractivity contribution in [3.63, 3.8) is 0 Å². The minimum Gasteiger partial charge on any atom is -0.462 e. The maximum absolute atomic E-state index is 11.8. The molecule has 0 heterocycles. The fraction of sp³-hybridized carbons (Fsp3) is 0.444. The van der Waals surface area contributed by atoms with Gasteiger partial charge in [0.05, 0.1) is 12.2 Å². The van der Waals surface area contributed by atoms with E-state index in [2.05, 4.69) is 58.9 Å². The van der Waals surface area contributed by atoms with Gasteiger partial charge in [0.25, 0.3) is 0 Å². The van der Waals surface area contributed by atoms with Gasteiger partial charge in [-0.1, -0.05) is 71.0 Å². The largest absolute Gasteiger partial charge is 0.462 e. The Hall–Kier alpha value is -2.35. The first-order valence-electron chi connectivity index (χ1n) is 10.8. The van der Waals surface area contributed by atoms with Crippen molar-refractivity contribution in [1.82, 2.24) is 0 Å². The van der Waals surface area contributed by atoms with Crippen molar-refractivity contribution >= 4 is 18.1 Å². The van der Waals surface area contributed by atoms with Crippen molar-refractivity contribution in [2.45, 2.75) is 71.6 Å². The molecule has 0 radical (unpaired) electrons. The Morgan fingerprint density at radius 3 is 2.07 bits per heavy atom. The molecule has 1 aliphatic rings. The van der Waals surface area contributed by atoms with Crippen molar-refractivity contribution in [2.24, 2.45) is 0 Å². The number of esters is 1. The summed E-state index contributed by atoms with van der Waals surface area (Å²) in [6.45, 7) is 13.9. The summed E-state index contributed by atoms with van der Waals surface area (Å²) in [5.74, 6) is -0.268. The Kier molecular flexibility index (Phi) is 6.03. The molecule has 0 spiro atoms. The average molecular weight is 391 g/mol. The summed E-state index contributed by atoms with van der Waals surface area (Å²) in [6, 6.07) is 12.5. The van der Waals surface area contributed by atoms with Crippen molar-refractivity contribution in [3.8, 4) is 0 Å². The van der Waals surface area contributed by atoms with E-state index in [-0.39, 0.29) is 16.8 Å². The number of hydrogen-bond donors (Lipinski definition) is 0. The van der Waals surface area contributed by atoms with Crippen LogP contribution in [0.15, 0.2) is 36.4 Å². The van der Waals surface area contributed by atoms with Crippen molar-refractivity contribution in [2.75, 3.05) is 6.61 Å². The highest BCUT2D eigenvalue weighted by Gasteiger charge is 2.37. The molecule has 2 aromatic carbocycles. The van der Waals surface area contributed by atoms with Crippen molar-refractivity contribution in [1.29, 1.82) is 0 Å². The summed E-state index contributed by atoms with van der Waals surface area (Å²) in [7, 11) is 0. The number of carbonyl (C=O) groups excluding carboxylic acids is 1. The van der Waals surface area contributed by atoms with Gasteiger partial charge in [0, 0.05) is 0 Å². The van der Waals surface area contributed by atoms with Crippen LogP contribution in [0.1, 0.15) is 92.6 Å². The Balaban J connectivity index is 1.94. The van der Waals surface area contributed by atoms with Crippen molar-refractivity contribution in [3.05, 3.63) is 69.8 Å². The van der Waals surface area contributed by atoms with Crippen LogP contribution in [0.2, 0.25) is 0 Å². The Bertz CT molecular complexity index is 914. The van der Waals surface area contributed by atoms with Crippen LogP contribution in [0.3, 0.4) is 0 Å². The van der Waals surface area contributed by atoms with E-state index in [0.29, 0.717) is 12.2 Å². The summed E-state index contributed by atoms with van der Waals surface area (Å²) in [4.78, 5) is 11.8. The van der Waals surface area contributed by atoms with Crippen LogP contribution in [-0.4, -0.2) is 12.6 Å². The quantitative estimate of drug-likeness (QED) is 0.408. The lowest BCUT2D eigenvalue weighted by Gasteiger charge is -2.42. The summed E-state index contributed by atoms with van der Waals surface area (Å²) in [6.07, 6.45) is 7.83. The van der Waals surface area contributed by atoms with Gasteiger partial charge in [-0.3, -0.25) is 0 Å². The first-order chi connectivity index (χ1) is 13.7. The number of aryl methyl sites for hydroxylation is 1. The van der Waals surface area contributed by atoms with E-state index < -0.39 is 0 Å². The van der Waals surface area contributed by atoms with E-state index in [4.69, 9.17) is 4.74 Å². The van der Waals surface area contributed by atoms with Crippen LogP contribution in [0.5, 0.6) is 0 Å². The SMILES string of the molecule is CCOC(=O)c1ccc(C=Cc2cc3c(cc2CC)C(C)(C)CCC3(C)C)cc1. The third-order valence-electron chi connectivity index (χ3n) is 6.37. The van der Waals surface area contributed by atoms with Gasteiger partial charge in [-0.15, -0.1) is 0 Å². The van der Waals surface area contributed by atoms with E-state index in [1.54, 1.807) is 0 Å². The van der Waals surface area contributed by atoms with Gasteiger partial charge in [0.1, 0.15) is 0 Å². The average Bonchev–Trinajstić information content (AvgIpc) is 2.70. The summed E-state index contributed by atoms with van der Waals surface area (Å²) >= 11 is 0. The fourth-order valence-corrected chi connectivity index (χ4v) is 4.27. The topological polar surface area (TPSA) is 26.3 Å². The first kappa shape index (κ1) is 21.4. The minimum absolute atomic E-state index is 0.209. The molecule has 2 nitrogen and oxygen atoms in total. The zero-order valence-corrected chi connectivity index (χ0v) is 18.8. The summed E-state index contributed by atoms with van der Waals surface area (Å²) in [5.41, 5.74) is 7.82. The summed E-state index contributed by atoms with van der Waals surface area (Å²) < 4.78 is 5.06. The second kappa shape index (κ2) is 8.18. The molecule has 2 heteroatoms. The Morgan fingerprint density at radius 2 is 1.52 bits per heavy atom. The molecule has 0 aliphatic heterocycles. The Labute approximate surface area is 176 Å². The van der Waals surface area contributed by atoms with Crippen LogP contribution in [0.25, 0.3) is 12.2 Å². The molecule has 0 bridgehead atoms. The monoisotopic (exact) mass is 390 g/mol. The molecule has 1 aliphatic carbocycles. The van der Waals surface area contributed by atoms with Crippen LogP contribution in [0, 0.1) is 0 Å². The lowest BCUT2D eigenvalue weighted by atomic mass is 9.62. The molecular weight excluding hydrogens is 356 g/mol. The maximum Gasteiger partial charge on any atom is 0.338 e. The molecular formula is C27H34O2. The fourth-order valence-electron chi connectivity index (χ4n) is 4.27. The van der Waals surface area contributed by atoms with E-state index in [9.17, 15) is 4.79 Å². The number of hydrogen-bond acceptors (Lipinski definition) is 2. The lowest BCUT2D eigenvalue weighted by Crippen LogP contribution is -2.34. The molecule has 0 N–H and O–H groups in total. The molecule has 2 aromatic rings. The van der Waals surface area contributed by atoms with Crippen LogP contribution < -0.4 is 0 Å². The predicted molar refractivity (Wildman–Crippen MR) is 122 cm³/mol. The molecule has 0 saturated heterocycles. The first-order valence-corrected chi connectivity index (χ1v) is 10.8. The van der Waals surface area contributed by atoms with Gasteiger partial charge in [0.2, 0.25) is 0 Å². The predicted octanol–water partition coefficient (Wildman–Crippen LogP) is 6.95. The summed E-state index contributed by atoms with van der Waals surface area (Å²) in [5, 5.41) is 0. The second-order valence-corrected chi connectivity index (χ2v) is 9.39. The lowest BCUT2D eigenvalue weighted by molar-refractivity contribution is 0.0526. The molecule has 0 saturated carbocycles. The molecule has 29 heavy (non-hydrogen) atoms. The molecule has 154 valence electrons. The smallest absolute Gasteiger partial charge is 0.338 e. The highest BCUT2D eigenvalue weighted by molar-refractivity contribution is 5.89.